The molecule has 4 N–H and O–H groups in total. The van der Waals surface area contributed by atoms with E-state index in [0.29, 0.717) is 47.0 Å². The second-order valence-corrected chi connectivity index (χ2v) is 11.9. The number of piperazine rings is 1. The number of phenolic OH excluding ortho intramolecular Hbond substituents is 1. The molecule has 228 valence electrons. The number of benzene rings is 2. The summed E-state index contributed by atoms with van der Waals surface area (Å²) >= 11 is 0. The van der Waals surface area contributed by atoms with E-state index < -0.39 is 24.1 Å². The number of rotatable bonds is 5. The zero-order valence-corrected chi connectivity index (χ0v) is 25.2. The standard InChI is InChI=1S/C31H37N5O7/c1-13-7-17-8-19-21(10-32)36-20(25(35(19)5)23(17)26(38)27(13)40-6)9-18-24(22(36)11-34-31(39)15(3)33)30-29(41-12-42-30)14(2)28(18)43-16(4)37/h7,15,19-22,25,38H,8-9,11-12,33H2,1-6H3,(H,34,39)/t15?,19-,20?,21-,22-,25+/m0/s1. The highest BCUT2D eigenvalue weighted by Gasteiger charge is 2.56. The maximum absolute atomic E-state index is 12.8. The van der Waals surface area contributed by atoms with E-state index in [4.69, 9.17) is 24.7 Å². The summed E-state index contributed by atoms with van der Waals surface area (Å²) in [6.07, 6.45) is 0.917. The van der Waals surface area contributed by atoms with E-state index in [9.17, 15) is 20.0 Å². The number of carbonyl (C=O) groups is 2. The second-order valence-electron chi connectivity index (χ2n) is 11.9. The Morgan fingerprint density at radius 1 is 1.21 bits per heavy atom. The molecule has 4 aliphatic heterocycles. The molecular formula is C31H37N5O7. The Morgan fingerprint density at radius 2 is 1.93 bits per heavy atom. The van der Waals surface area contributed by atoms with Gasteiger partial charge in [-0.3, -0.25) is 19.4 Å². The summed E-state index contributed by atoms with van der Waals surface area (Å²) in [7, 11) is 3.51. The van der Waals surface area contributed by atoms with E-state index in [-0.39, 0.29) is 43.1 Å². The number of fused-ring (bicyclic) bond motifs is 9. The monoisotopic (exact) mass is 591 g/mol. The number of aryl methyl sites for hydroxylation is 1. The van der Waals surface area contributed by atoms with Crippen LogP contribution in [0.15, 0.2) is 6.07 Å². The number of nitrogens with zero attached hydrogens (tertiary/aromatic N) is 3. The van der Waals surface area contributed by atoms with Gasteiger partial charge < -0.3 is 35.1 Å². The van der Waals surface area contributed by atoms with Gasteiger partial charge in [-0.05, 0) is 51.8 Å². The summed E-state index contributed by atoms with van der Waals surface area (Å²) in [4.78, 5) is 29.4. The van der Waals surface area contributed by atoms with E-state index >= 15 is 0 Å². The number of aromatic hydroxyl groups is 1. The third-order valence-electron chi connectivity index (χ3n) is 9.39. The van der Waals surface area contributed by atoms with Crippen LogP contribution in [-0.4, -0.2) is 78.4 Å². The summed E-state index contributed by atoms with van der Waals surface area (Å²) < 4.78 is 23.3. The fourth-order valence-corrected chi connectivity index (χ4v) is 7.67. The molecule has 2 bridgehead atoms. The Morgan fingerprint density at radius 3 is 2.58 bits per heavy atom. The summed E-state index contributed by atoms with van der Waals surface area (Å²) in [5.41, 5.74) is 10.5. The molecule has 6 atom stereocenters. The van der Waals surface area contributed by atoms with Crippen molar-refractivity contribution in [1.29, 1.82) is 5.26 Å². The molecule has 2 aromatic carbocycles. The number of ether oxygens (including phenoxy) is 4. The quantitative estimate of drug-likeness (QED) is 0.344. The number of hydrogen-bond donors (Lipinski definition) is 3. The molecule has 1 saturated heterocycles. The highest BCUT2D eigenvalue weighted by molar-refractivity contribution is 5.81. The Kier molecular flexibility index (Phi) is 7.15. The van der Waals surface area contributed by atoms with Crippen molar-refractivity contribution in [1.82, 2.24) is 15.1 Å². The van der Waals surface area contributed by atoms with Gasteiger partial charge in [0.2, 0.25) is 12.7 Å². The minimum absolute atomic E-state index is 0.00939. The molecular weight excluding hydrogens is 554 g/mol. The molecule has 43 heavy (non-hydrogen) atoms. The van der Waals surface area contributed by atoms with Gasteiger partial charge >= 0.3 is 5.97 Å². The van der Waals surface area contributed by atoms with Crippen molar-refractivity contribution in [3.8, 4) is 34.8 Å². The summed E-state index contributed by atoms with van der Waals surface area (Å²) in [6, 6.07) is 1.83. The van der Waals surface area contributed by atoms with Crippen molar-refractivity contribution in [2.75, 3.05) is 27.5 Å². The average Bonchev–Trinajstić information content (AvgIpc) is 3.44. The molecule has 0 aliphatic carbocycles. The van der Waals surface area contributed by atoms with Gasteiger partial charge in [-0.2, -0.15) is 5.26 Å². The third-order valence-corrected chi connectivity index (χ3v) is 9.39. The third kappa shape index (κ3) is 4.29. The van der Waals surface area contributed by atoms with Crippen LogP contribution in [-0.2, 0) is 22.4 Å². The molecule has 0 aromatic heterocycles. The number of nitriles is 1. The van der Waals surface area contributed by atoms with Gasteiger partial charge in [0.15, 0.2) is 23.0 Å². The van der Waals surface area contributed by atoms with Crippen molar-refractivity contribution >= 4 is 11.9 Å². The van der Waals surface area contributed by atoms with Crippen molar-refractivity contribution < 1.29 is 33.6 Å². The molecule has 6 rings (SSSR count). The molecule has 4 aliphatic rings. The van der Waals surface area contributed by atoms with Crippen LogP contribution >= 0.6 is 0 Å². The van der Waals surface area contributed by atoms with E-state index in [1.165, 1.54) is 14.0 Å². The van der Waals surface area contributed by atoms with Gasteiger partial charge in [0.25, 0.3) is 0 Å². The molecule has 0 radical (unpaired) electrons. The average molecular weight is 592 g/mol. The number of carbonyl (C=O) groups excluding carboxylic acids is 2. The lowest BCUT2D eigenvalue weighted by molar-refractivity contribution is -0.132. The predicted molar refractivity (Wildman–Crippen MR) is 154 cm³/mol. The van der Waals surface area contributed by atoms with Crippen LogP contribution in [0, 0.1) is 25.2 Å². The number of esters is 1. The van der Waals surface area contributed by atoms with Crippen molar-refractivity contribution in [3.05, 3.63) is 39.4 Å². The molecule has 12 heteroatoms. The van der Waals surface area contributed by atoms with Gasteiger partial charge in [0, 0.05) is 47.8 Å². The van der Waals surface area contributed by atoms with E-state index in [2.05, 4.69) is 21.2 Å². The number of amides is 1. The lowest BCUT2D eigenvalue weighted by atomic mass is 9.71. The van der Waals surface area contributed by atoms with Crippen LogP contribution in [0.1, 0.15) is 59.3 Å². The number of methoxy groups -OCH3 is 1. The normalized spacial score (nSPS) is 26.0. The Labute approximate surface area is 250 Å². The lowest BCUT2D eigenvalue weighted by Crippen LogP contribution is -2.68. The summed E-state index contributed by atoms with van der Waals surface area (Å²) in [5, 5.41) is 25.3. The van der Waals surface area contributed by atoms with E-state index in [1.807, 2.05) is 27.0 Å². The Balaban J connectivity index is 1.61. The molecule has 0 saturated carbocycles. The number of likely N-dealkylation sites (N-methyl/N-ethyl adjacent to an activating group) is 1. The molecule has 2 aromatic rings. The predicted octanol–water partition coefficient (Wildman–Crippen LogP) is 1.91. The Bertz CT molecular complexity index is 1570. The van der Waals surface area contributed by atoms with Crippen LogP contribution < -0.4 is 30.0 Å². The first-order valence-corrected chi connectivity index (χ1v) is 14.4. The van der Waals surface area contributed by atoms with Gasteiger partial charge in [-0.1, -0.05) is 6.07 Å². The fourth-order valence-electron chi connectivity index (χ4n) is 7.67. The topological polar surface area (TPSA) is 160 Å². The number of hydrogen-bond acceptors (Lipinski definition) is 11. The maximum Gasteiger partial charge on any atom is 0.308 e. The summed E-state index contributed by atoms with van der Waals surface area (Å²) in [6.45, 7) is 6.79. The minimum atomic E-state index is -0.739. The maximum atomic E-state index is 12.8. The zero-order valence-electron chi connectivity index (χ0n) is 25.2. The minimum Gasteiger partial charge on any atom is -0.504 e. The van der Waals surface area contributed by atoms with Crippen molar-refractivity contribution in [3.63, 3.8) is 0 Å². The summed E-state index contributed by atoms with van der Waals surface area (Å²) in [5.74, 6) is 1.05. The molecule has 1 fully saturated rings. The highest BCUT2D eigenvalue weighted by Crippen LogP contribution is 2.58. The molecule has 2 unspecified atom stereocenters. The van der Waals surface area contributed by atoms with E-state index in [0.717, 1.165) is 22.3 Å². The number of phenols is 1. The van der Waals surface area contributed by atoms with Gasteiger partial charge in [0.05, 0.1) is 31.3 Å². The lowest BCUT2D eigenvalue weighted by Gasteiger charge is -2.60. The largest absolute Gasteiger partial charge is 0.504 e. The molecule has 1 amide bonds. The van der Waals surface area contributed by atoms with Crippen molar-refractivity contribution in [2.24, 2.45) is 5.73 Å². The molecule has 12 nitrogen and oxygen atoms in total. The number of nitrogens with one attached hydrogen (secondary N) is 1. The van der Waals surface area contributed by atoms with Crippen LogP contribution in [0.3, 0.4) is 0 Å². The van der Waals surface area contributed by atoms with Crippen LogP contribution in [0.4, 0.5) is 0 Å². The van der Waals surface area contributed by atoms with Gasteiger partial charge in [0.1, 0.15) is 11.8 Å². The van der Waals surface area contributed by atoms with E-state index in [1.54, 1.807) is 6.92 Å². The number of nitrogens with two attached hydrogens (primary N) is 1. The first-order valence-electron chi connectivity index (χ1n) is 14.4. The smallest absolute Gasteiger partial charge is 0.308 e. The fraction of sp³-hybridized carbons (Fsp3) is 0.516. The highest BCUT2D eigenvalue weighted by atomic mass is 16.7. The van der Waals surface area contributed by atoms with Crippen molar-refractivity contribution in [2.45, 2.75) is 76.8 Å². The zero-order chi connectivity index (χ0) is 30.9. The first kappa shape index (κ1) is 29.0. The van der Waals surface area contributed by atoms with Gasteiger partial charge in [-0.15, -0.1) is 0 Å². The SMILES string of the molecule is COc1c(C)cc2c(c1O)[C@H]1C3Cc4c(OC(C)=O)c(C)c5c(c4[C@H](CNC(=O)C(C)N)N3[C@@H](C#N)[C@H](C2)N1C)OCO5. The van der Waals surface area contributed by atoms with Crippen LogP contribution in [0.25, 0.3) is 0 Å². The molecule has 4 heterocycles. The second kappa shape index (κ2) is 10.6. The van der Waals surface area contributed by atoms with Crippen LogP contribution in [0.2, 0.25) is 0 Å². The Hall–Kier alpha value is -4.05. The molecule has 0 spiro atoms. The van der Waals surface area contributed by atoms with Crippen LogP contribution in [0.5, 0.6) is 28.7 Å². The van der Waals surface area contributed by atoms with Gasteiger partial charge in [-0.25, -0.2) is 0 Å². The first-order chi connectivity index (χ1) is 20.5.